The van der Waals surface area contributed by atoms with Crippen molar-refractivity contribution in [3.63, 3.8) is 0 Å². The zero-order valence-corrected chi connectivity index (χ0v) is 6.54. The van der Waals surface area contributed by atoms with E-state index in [4.69, 9.17) is 5.11 Å². The number of esters is 1. The fourth-order valence-electron chi connectivity index (χ4n) is 0.590. The Morgan fingerprint density at radius 1 is 1.91 bits per heavy atom. The maximum Gasteiger partial charge on any atom is 0.325 e. The molecule has 0 saturated carbocycles. The van der Waals surface area contributed by atoms with Gasteiger partial charge in [-0.25, -0.2) is 0 Å². The smallest absolute Gasteiger partial charge is 0.325 e. The van der Waals surface area contributed by atoms with Crippen molar-refractivity contribution in [1.82, 2.24) is 5.32 Å². The van der Waals surface area contributed by atoms with Crippen molar-refractivity contribution in [2.24, 2.45) is 0 Å². The lowest BCUT2D eigenvalue weighted by molar-refractivity contribution is -0.144. The van der Waals surface area contributed by atoms with Crippen LogP contribution < -0.4 is 5.32 Å². The monoisotopic (exact) mass is 159 g/mol. The zero-order chi connectivity index (χ0) is 8.69. The summed E-state index contributed by atoms with van der Waals surface area (Å²) in [7, 11) is 1.28. The van der Waals surface area contributed by atoms with Crippen molar-refractivity contribution in [2.45, 2.75) is 6.04 Å². The van der Waals surface area contributed by atoms with Gasteiger partial charge in [0.25, 0.3) is 0 Å². The summed E-state index contributed by atoms with van der Waals surface area (Å²) in [5.41, 5.74) is 0. The third-order valence-electron chi connectivity index (χ3n) is 1.18. The van der Waals surface area contributed by atoms with Crippen LogP contribution in [0, 0.1) is 0 Å². The maximum absolute atomic E-state index is 10.8. The number of methoxy groups -OCH3 is 1. The maximum atomic E-state index is 10.8. The van der Waals surface area contributed by atoms with Gasteiger partial charge in [-0.05, 0) is 0 Å². The van der Waals surface area contributed by atoms with Gasteiger partial charge in [0, 0.05) is 6.54 Å². The van der Waals surface area contributed by atoms with Crippen LogP contribution in [0.3, 0.4) is 0 Å². The summed E-state index contributed by atoms with van der Waals surface area (Å²) in [6.45, 7) is 3.67. The Hall–Kier alpha value is -0.870. The summed E-state index contributed by atoms with van der Waals surface area (Å²) in [4.78, 5) is 10.8. The Labute approximate surface area is 65.9 Å². The van der Waals surface area contributed by atoms with Gasteiger partial charge in [0.05, 0.1) is 13.7 Å². The Bertz CT molecular complexity index is 136. The summed E-state index contributed by atoms with van der Waals surface area (Å²) in [6.07, 6.45) is 1.60. The molecular weight excluding hydrogens is 146 g/mol. The second-order valence-corrected chi connectivity index (χ2v) is 1.96. The molecule has 0 radical (unpaired) electrons. The van der Waals surface area contributed by atoms with E-state index >= 15 is 0 Å². The summed E-state index contributed by atoms with van der Waals surface area (Å²) >= 11 is 0. The normalized spacial score (nSPS) is 12.2. The van der Waals surface area contributed by atoms with Gasteiger partial charge < -0.3 is 9.84 Å². The van der Waals surface area contributed by atoms with Crippen molar-refractivity contribution < 1.29 is 14.6 Å². The van der Waals surface area contributed by atoms with Crippen LogP contribution in [0.1, 0.15) is 0 Å². The van der Waals surface area contributed by atoms with Crippen LogP contribution in [0.2, 0.25) is 0 Å². The molecule has 0 aliphatic carbocycles. The number of ether oxygens (including phenoxy) is 1. The van der Waals surface area contributed by atoms with Gasteiger partial charge in [-0.1, -0.05) is 6.08 Å². The van der Waals surface area contributed by atoms with Crippen molar-refractivity contribution >= 4 is 5.97 Å². The fourth-order valence-corrected chi connectivity index (χ4v) is 0.590. The van der Waals surface area contributed by atoms with E-state index in [0.717, 1.165) is 0 Å². The molecule has 0 aromatic rings. The third kappa shape index (κ3) is 3.75. The number of carbonyl (C=O) groups is 1. The largest absolute Gasteiger partial charge is 0.468 e. The first-order chi connectivity index (χ1) is 5.26. The highest BCUT2D eigenvalue weighted by molar-refractivity contribution is 5.75. The van der Waals surface area contributed by atoms with Gasteiger partial charge in [-0.2, -0.15) is 0 Å². The molecule has 0 amide bonds. The minimum Gasteiger partial charge on any atom is -0.468 e. The van der Waals surface area contributed by atoms with Crippen LogP contribution in [0.25, 0.3) is 0 Å². The molecule has 0 aromatic carbocycles. The average Bonchev–Trinajstić information content (AvgIpc) is 2.05. The Morgan fingerprint density at radius 2 is 2.55 bits per heavy atom. The van der Waals surface area contributed by atoms with Crippen LogP contribution in [-0.4, -0.2) is 37.4 Å². The summed E-state index contributed by atoms with van der Waals surface area (Å²) in [6, 6.07) is -0.641. The molecule has 0 bridgehead atoms. The number of hydrogen-bond donors (Lipinski definition) is 2. The Balaban J connectivity index is 3.74. The van der Waals surface area contributed by atoms with Gasteiger partial charge in [0.1, 0.15) is 6.04 Å². The first kappa shape index (κ1) is 10.1. The van der Waals surface area contributed by atoms with Crippen molar-refractivity contribution in [1.29, 1.82) is 0 Å². The lowest BCUT2D eigenvalue weighted by Crippen LogP contribution is -2.40. The summed E-state index contributed by atoms with van der Waals surface area (Å²) in [5, 5.41) is 11.4. The van der Waals surface area contributed by atoms with E-state index in [0.29, 0.717) is 6.54 Å². The molecule has 4 heteroatoms. The second-order valence-electron chi connectivity index (χ2n) is 1.96. The molecular formula is C7H13NO3. The highest BCUT2D eigenvalue weighted by atomic mass is 16.5. The Kier molecular flexibility index (Phi) is 5.42. The number of aliphatic hydroxyl groups excluding tert-OH is 1. The van der Waals surface area contributed by atoms with E-state index < -0.39 is 12.0 Å². The van der Waals surface area contributed by atoms with Gasteiger partial charge in [-0.3, -0.25) is 10.1 Å². The lowest BCUT2D eigenvalue weighted by atomic mass is 10.3. The molecule has 0 aliphatic heterocycles. The number of nitrogens with one attached hydrogen (secondary N) is 1. The Morgan fingerprint density at radius 3 is 2.91 bits per heavy atom. The van der Waals surface area contributed by atoms with Gasteiger partial charge in [0.15, 0.2) is 0 Å². The second kappa shape index (κ2) is 5.88. The molecule has 0 aromatic heterocycles. The van der Waals surface area contributed by atoms with E-state index in [1.54, 1.807) is 6.08 Å². The molecule has 0 aliphatic rings. The number of carbonyl (C=O) groups excluding carboxylic acids is 1. The summed E-state index contributed by atoms with van der Waals surface area (Å²) in [5.74, 6) is -0.464. The molecule has 1 atom stereocenters. The van der Waals surface area contributed by atoms with Gasteiger partial charge in [0.2, 0.25) is 0 Å². The number of hydrogen-bond acceptors (Lipinski definition) is 4. The molecule has 2 N–H and O–H groups in total. The van der Waals surface area contributed by atoms with Crippen molar-refractivity contribution in [3.05, 3.63) is 12.7 Å². The molecule has 0 saturated heterocycles. The predicted molar refractivity (Wildman–Crippen MR) is 41.1 cm³/mol. The first-order valence-corrected chi connectivity index (χ1v) is 3.29. The third-order valence-corrected chi connectivity index (χ3v) is 1.18. The molecule has 0 heterocycles. The first-order valence-electron chi connectivity index (χ1n) is 3.29. The van der Waals surface area contributed by atoms with Gasteiger partial charge >= 0.3 is 5.97 Å². The van der Waals surface area contributed by atoms with Crippen LogP contribution in [-0.2, 0) is 9.53 Å². The fraction of sp³-hybridized carbons (Fsp3) is 0.571. The topological polar surface area (TPSA) is 58.6 Å². The highest BCUT2D eigenvalue weighted by Gasteiger charge is 2.15. The summed E-state index contributed by atoms with van der Waals surface area (Å²) < 4.78 is 4.40. The van der Waals surface area contributed by atoms with E-state index in [1.807, 2.05) is 0 Å². The molecule has 64 valence electrons. The quantitative estimate of drug-likeness (QED) is 0.411. The lowest BCUT2D eigenvalue weighted by Gasteiger charge is -2.11. The number of rotatable bonds is 5. The SMILES string of the molecule is C=CCN[C@@H](CO)C(=O)OC. The van der Waals surface area contributed by atoms with Gasteiger partial charge in [-0.15, -0.1) is 6.58 Å². The molecule has 0 unspecified atom stereocenters. The standard InChI is InChI=1S/C7H13NO3/c1-3-4-8-6(5-9)7(10)11-2/h3,6,8-9H,1,4-5H2,2H3/t6-/m0/s1. The van der Waals surface area contributed by atoms with Crippen LogP contribution >= 0.6 is 0 Å². The minimum atomic E-state index is -0.641. The molecule has 0 rings (SSSR count). The molecule has 0 fully saturated rings. The zero-order valence-electron chi connectivity index (χ0n) is 6.54. The van der Waals surface area contributed by atoms with Crippen LogP contribution in [0.5, 0.6) is 0 Å². The molecule has 4 nitrogen and oxygen atoms in total. The van der Waals surface area contributed by atoms with Crippen LogP contribution in [0.15, 0.2) is 12.7 Å². The highest BCUT2D eigenvalue weighted by Crippen LogP contribution is 1.85. The minimum absolute atomic E-state index is 0.263. The van der Waals surface area contributed by atoms with Crippen molar-refractivity contribution in [3.8, 4) is 0 Å². The average molecular weight is 159 g/mol. The van der Waals surface area contributed by atoms with E-state index in [-0.39, 0.29) is 6.61 Å². The van der Waals surface area contributed by atoms with Crippen molar-refractivity contribution in [2.75, 3.05) is 20.3 Å². The predicted octanol–water partition coefficient (Wildman–Crippen LogP) is -0.704. The molecule has 0 spiro atoms. The van der Waals surface area contributed by atoms with E-state index in [2.05, 4.69) is 16.6 Å². The van der Waals surface area contributed by atoms with Crippen LogP contribution in [0.4, 0.5) is 0 Å². The van der Waals surface area contributed by atoms with E-state index in [9.17, 15) is 4.79 Å². The van der Waals surface area contributed by atoms with E-state index in [1.165, 1.54) is 7.11 Å². The molecule has 11 heavy (non-hydrogen) atoms. The number of aliphatic hydroxyl groups is 1.